The quantitative estimate of drug-likeness (QED) is 0.258. The first-order valence-corrected chi connectivity index (χ1v) is 12.4. The summed E-state index contributed by atoms with van der Waals surface area (Å²) >= 11 is 0. The molecular formula is C30H33FN4O2. The van der Waals surface area contributed by atoms with Gasteiger partial charge in [0.25, 0.3) is 0 Å². The zero-order chi connectivity index (χ0) is 26.4. The molecule has 0 saturated heterocycles. The number of fused-ring (bicyclic) bond motifs is 1. The topological polar surface area (TPSA) is 89.1 Å². The molecule has 6 nitrogen and oxygen atoms in total. The van der Waals surface area contributed by atoms with Crippen molar-refractivity contribution in [2.45, 2.75) is 46.2 Å². The molecule has 1 aliphatic rings. The fourth-order valence-electron chi connectivity index (χ4n) is 4.23. The zero-order valence-electron chi connectivity index (χ0n) is 21.5. The minimum atomic E-state index is -0.586. The van der Waals surface area contributed by atoms with Crippen molar-refractivity contribution in [3.8, 4) is 11.1 Å². The van der Waals surface area contributed by atoms with Crippen molar-refractivity contribution in [2.24, 2.45) is 21.1 Å². The summed E-state index contributed by atoms with van der Waals surface area (Å²) in [6.45, 7) is 5.66. The summed E-state index contributed by atoms with van der Waals surface area (Å²) in [5.41, 5.74) is 11.4. The second-order valence-electron chi connectivity index (χ2n) is 10.3. The van der Waals surface area contributed by atoms with E-state index >= 15 is 0 Å². The van der Waals surface area contributed by atoms with Gasteiger partial charge < -0.3 is 15.8 Å². The number of esters is 1. The number of halogens is 1. The third-order valence-electron chi connectivity index (χ3n) is 6.33. The van der Waals surface area contributed by atoms with Gasteiger partial charge in [-0.1, -0.05) is 48.5 Å². The monoisotopic (exact) mass is 500 g/mol. The standard InChI is InChI=1S/C30H33FN4O2/c1-30(2,3)29(36)37-19-33-18-35-28(32)24-10-6-9-20(13-24)23-11-12-27(31)25(14-23)17-34-26-15-21-7-4-5-8-22(21)16-26/h4-14,18,26,34H,15-17,19H2,1-3H3,(H2,32,33,35). The Bertz CT molecular complexity index is 1300. The Morgan fingerprint density at radius 1 is 1.05 bits per heavy atom. The first-order chi connectivity index (χ1) is 17.7. The molecule has 0 atom stereocenters. The molecule has 3 aromatic rings. The highest BCUT2D eigenvalue weighted by Gasteiger charge is 2.22. The van der Waals surface area contributed by atoms with Crippen molar-refractivity contribution in [1.82, 2.24) is 5.32 Å². The fourth-order valence-corrected chi connectivity index (χ4v) is 4.23. The van der Waals surface area contributed by atoms with Crippen LogP contribution in [0.4, 0.5) is 4.39 Å². The maximum Gasteiger partial charge on any atom is 0.313 e. The third kappa shape index (κ3) is 6.89. The highest BCUT2D eigenvalue weighted by atomic mass is 19.1. The lowest BCUT2D eigenvalue weighted by Gasteiger charge is -2.14. The molecule has 0 unspecified atom stereocenters. The van der Waals surface area contributed by atoms with Gasteiger partial charge in [0.15, 0.2) is 6.73 Å². The molecule has 3 aromatic carbocycles. The number of carbonyl (C=O) groups is 1. The van der Waals surface area contributed by atoms with Crippen LogP contribution in [0.25, 0.3) is 11.1 Å². The number of carbonyl (C=O) groups excluding carboxylic acids is 1. The molecule has 1 aliphatic carbocycles. The number of ether oxygens (including phenoxy) is 1. The number of nitrogens with zero attached hydrogens (tertiary/aromatic N) is 2. The Morgan fingerprint density at radius 2 is 1.76 bits per heavy atom. The predicted molar refractivity (Wildman–Crippen MR) is 146 cm³/mol. The molecule has 7 heteroatoms. The smallest absolute Gasteiger partial charge is 0.313 e. The van der Waals surface area contributed by atoms with Crippen LogP contribution in [0.15, 0.2) is 76.7 Å². The maximum atomic E-state index is 14.6. The van der Waals surface area contributed by atoms with Crippen molar-refractivity contribution in [2.75, 3.05) is 6.73 Å². The highest BCUT2D eigenvalue weighted by Crippen LogP contribution is 2.25. The minimum Gasteiger partial charge on any atom is -0.442 e. The van der Waals surface area contributed by atoms with Crippen LogP contribution >= 0.6 is 0 Å². The van der Waals surface area contributed by atoms with Crippen molar-refractivity contribution in [3.05, 3.63) is 94.8 Å². The van der Waals surface area contributed by atoms with Crippen molar-refractivity contribution >= 4 is 18.1 Å². The molecule has 0 saturated carbocycles. The van der Waals surface area contributed by atoms with Crippen molar-refractivity contribution in [1.29, 1.82) is 0 Å². The van der Waals surface area contributed by atoms with E-state index in [0.29, 0.717) is 23.7 Å². The Labute approximate surface area is 217 Å². The van der Waals surface area contributed by atoms with Crippen LogP contribution in [0.3, 0.4) is 0 Å². The molecule has 0 aliphatic heterocycles. The number of hydrogen-bond acceptors (Lipinski definition) is 4. The van der Waals surface area contributed by atoms with Gasteiger partial charge in [0.2, 0.25) is 0 Å². The van der Waals surface area contributed by atoms with Gasteiger partial charge in [0.05, 0.1) is 5.41 Å². The van der Waals surface area contributed by atoms with E-state index in [1.54, 1.807) is 26.8 Å². The van der Waals surface area contributed by atoms with Gasteiger partial charge >= 0.3 is 5.97 Å². The minimum absolute atomic E-state index is 0.119. The molecule has 3 N–H and O–H groups in total. The van der Waals surface area contributed by atoms with Crippen molar-refractivity contribution in [3.63, 3.8) is 0 Å². The van der Waals surface area contributed by atoms with Crippen LogP contribution in [-0.4, -0.2) is 30.9 Å². The number of nitrogens with one attached hydrogen (secondary N) is 1. The van der Waals surface area contributed by atoms with E-state index in [0.717, 1.165) is 24.0 Å². The Kier molecular flexibility index (Phi) is 8.14. The number of aliphatic imine (C=N–C) groups is 2. The number of amidine groups is 1. The first-order valence-electron chi connectivity index (χ1n) is 12.4. The lowest BCUT2D eigenvalue weighted by molar-refractivity contribution is -0.152. The van der Waals surface area contributed by atoms with E-state index in [1.807, 2.05) is 30.3 Å². The zero-order valence-corrected chi connectivity index (χ0v) is 21.5. The van der Waals surface area contributed by atoms with Gasteiger partial charge in [0.1, 0.15) is 18.0 Å². The molecule has 0 spiro atoms. The summed E-state index contributed by atoms with van der Waals surface area (Å²) in [6.07, 6.45) is 3.20. The predicted octanol–water partition coefficient (Wildman–Crippen LogP) is 5.03. The molecule has 37 heavy (non-hydrogen) atoms. The van der Waals surface area contributed by atoms with Crippen LogP contribution in [0.1, 0.15) is 43.0 Å². The van der Waals surface area contributed by atoms with E-state index in [9.17, 15) is 9.18 Å². The number of hydrogen-bond donors (Lipinski definition) is 2. The summed E-state index contributed by atoms with van der Waals surface area (Å²) in [4.78, 5) is 19.9. The van der Waals surface area contributed by atoms with E-state index in [1.165, 1.54) is 23.5 Å². The van der Waals surface area contributed by atoms with Gasteiger partial charge in [-0.15, -0.1) is 0 Å². The summed E-state index contributed by atoms with van der Waals surface area (Å²) in [5, 5.41) is 3.52. The molecule has 0 radical (unpaired) electrons. The fraction of sp³-hybridized carbons (Fsp3) is 0.300. The number of benzene rings is 3. The number of rotatable bonds is 8. The van der Waals surface area contributed by atoms with Crippen LogP contribution in [0.5, 0.6) is 0 Å². The Hall–Kier alpha value is -3.84. The molecule has 192 valence electrons. The first kappa shape index (κ1) is 26.2. The highest BCUT2D eigenvalue weighted by molar-refractivity contribution is 6.02. The Balaban J connectivity index is 1.39. The summed E-state index contributed by atoms with van der Waals surface area (Å²) in [7, 11) is 0. The van der Waals surface area contributed by atoms with E-state index in [4.69, 9.17) is 10.5 Å². The molecule has 0 amide bonds. The molecule has 4 rings (SSSR count). The Morgan fingerprint density at radius 3 is 2.46 bits per heavy atom. The molecular weight excluding hydrogens is 467 g/mol. The van der Waals surface area contributed by atoms with Gasteiger partial charge in [0, 0.05) is 23.7 Å². The molecule has 0 fully saturated rings. The largest absolute Gasteiger partial charge is 0.442 e. The summed E-state index contributed by atoms with van der Waals surface area (Å²) < 4.78 is 19.7. The normalized spacial score (nSPS) is 14.2. The SMILES string of the molecule is CC(C)(C)C(=O)OC/N=C/N=C(N)c1cccc(-c2ccc(F)c(CNC3Cc4ccccc4C3)c2)c1. The summed E-state index contributed by atoms with van der Waals surface area (Å²) in [6, 6.07) is 21.5. The van der Waals surface area contributed by atoms with Crippen LogP contribution in [0.2, 0.25) is 0 Å². The van der Waals surface area contributed by atoms with E-state index < -0.39 is 5.41 Å². The second kappa shape index (κ2) is 11.5. The van der Waals surface area contributed by atoms with Crippen LogP contribution in [-0.2, 0) is 28.9 Å². The molecule has 0 aromatic heterocycles. The van der Waals surface area contributed by atoms with Gasteiger partial charge in [-0.05, 0) is 74.1 Å². The summed E-state index contributed by atoms with van der Waals surface area (Å²) in [5.74, 6) is -0.290. The maximum absolute atomic E-state index is 14.6. The van der Waals surface area contributed by atoms with E-state index in [2.05, 4.69) is 39.6 Å². The van der Waals surface area contributed by atoms with Gasteiger partial charge in [-0.2, -0.15) is 0 Å². The molecule has 0 heterocycles. The average molecular weight is 501 g/mol. The molecule has 0 bridgehead atoms. The second-order valence-corrected chi connectivity index (χ2v) is 10.3. The van der Waals surface area contributed by atoms with E-state index in [-0.39, 0.29) is 24.4 Å². The van der Waals surface area contributed by atoms with Gasteiger partial charge in [-0.25, -0.2) is 14.4 Å². The van der Waals surface area contributed by atoms with Gasteiger partial charge in [-0.3, -0.25) is 4.79 Å². The van der Waals surface area contributed by atoms with Crippen LogP contribution in [0, 0.1) is 11.2 Å². The average Bonchev–Trinajstić information content (AvgIpc) is 3.30. The number of nitrogens with two attached hydrogens (primary N) is 1. The van der Waals surface area contributed by atoms with Crippen molar-refractivity contribution < 1.29 is 13.9 Å². The van der Waals surface area contributed by atoms with Crippen LogP contribution < -0.4 is 11.1 Å². The lowest BCUT2D eigenvalue weighted by Crippen LogP contribution is -2.29. The third-order valence-corrected chi connectivity index (χ3v) is 6.33. The lowest BCUT2D eigenvalue weighted by atomic mass is 9.98.